The molecule has 7 nitrogen and oxygen atoms in total. The summed E-state index contributed by atoms with van der Waals surface area (Å²) in [5.41, 5.74) is 9.24. The van der Waals surface area contributed by atoms with Gasteiger partial charge in [0.15, 0.2) is 5.65 Å². The number of aromatic amines is 1. The fourth-order valence-electron chi connectivity index (χ4n) is 3.70. The van der Waals surface area contributed by atoms with E-state index in [1.165, 1.54) is 37.5 Å². The van der Waals surface area contributed by atoms with Gasteiger partial charge in [-0.3, -0.25) is 0 Å². The number of nitrogens with two attached hydrogens (primary N) is 1. The van der Waals surface area contributed by atoms with Crippen molar-refractivity contribution in [1.82, 2.24) is 19.9 Å². The molecule has 5 N–H and O–H groups in total. The Morgan fingerprint density at radius 1 is 1.12 bits per heavy atom. The second kappa shape index (κ2) is 12.1. The number of aliphatic hydroxyl groups is 1. The predicted molar refractivity (Wildman–Crippen MR) is 128 cm³/mol. The van der Waals surface area contributed by atoms with Crippen LogP contribution in [0.4, 0.5) is 20.4 Å². The predicted octanol–water partition coefficient (Wildman–Crippen LogP) is 5.49. The van der Waals surface area contributed by atoms with Crippen molar-refractivity contribution >= 4 is 33.7 Å². The third-order valence-electron chi connectivity index (χ3n) is 5.42. The second-order valence-corrected chi connectivity index (χ2v) is 8.11. The molecule has 33 heavy (non-hydrogen) atoms. The maximum atomic E-state index is 9.89. The summed E-state index contributed by atoms with van der Waals surface area (Å²) in [6.07, 6.45) is 11.1. The standard InChI is InChI=1S/C16H14N6.C7H14.CH2F2O/c17-14-4-3-12-16(21-14)22-15(9-19-12)20-8-10-1-2-11-5-6-18-13(11)7-10;1-7-5-3-2-4-6-7;2-1(3)4/h1-7,9,18H,8H2,(H3,17,20,21,22);7H,2-6H2,1H3;1,4H. The summed E-state index contributed by atoms with van der Waals surface area (Å²) in [6, 6.07) is 11.9. The van der Waals surface area contributed by atoms with Crippen LogP contribution in [0.5, 0.6) is 0 Å². The third kappa shape index (κ3) is 7.94. The molecular formula is C24H30F2N6O. The van der Waals surface area contributed by atoms with Gasteiger partial charge in [0.25, 0.3) is 0 Å². The van der Waals surface area contributed by atoms with Crippen LogP contribution >= 0.6 is 0 Å². The zero-order chi connectivity index (χ0) is 23.6. The molecule has 4 aromatic rings. The smallest absolute Gasteiger partial charge is 0.342 e. The molecule has 5 rings (SSSR count). The van der Waals surface area contributed by atoms with Crippen molar-refractivity contribution in [3.8, 4) is 0 Å². The van der Waals surface area contributed by atoms with Crippen molar-refractivity contribution in [3.63, 3.8) is 0 Å². The second-order valence-electron chi connectivity index (χ2n) is 8.11. The summed E-state index contributed by atoms with van der Waals surface area (Å²) in [4.78, 5) is 16.2. The lowest BCUT2D eigenvalue weighted by atomic mass is 9.91. The molecule has 9 heteroatoms. The lowest BCUT2D eigenvalue weighted by Crippen LogP contribution is -2.03. The van der Waals surface area contributed by atoms with Crippen molar-refractivity contribution in [3.05, 3.63) is 54.4 Å². The van der Waals surface area contributed by atoms with E-state index < -0.39 is 6.61 Å². The van der Waals surface area contributed by atoms with Gasteiger partial charge in [0.1, 0.15) is 17.2 Å². The summed E-state index contributed by atoms with van der Waals surface area (Å²) in [7, 11) is 0. The van der Waals surface area contributed by atoms with Gasteiger partial charge in [-0.15, -0.1) is 0 Å². The Hall–Kier alpha value is -3.33. The number of halogens is 2. The molecule has 3 aromatic heterocycles. The van der Waals surface area contributed by atoms with Gasteiger partial charge in [-0.25, -0.2) is 15.0 Å². The quantitative estimate of drug-likeness (QED) is 0.324. The first-order chi connectivity index (χ1) is 15.9. The highest BCUT2D eigenvalue weighted by Crippen LogP contribution is 2.22. The highest BCUT2D eigenvalue weighted by Gasteiger charge is 2.06. The van der Waals surface area contributed by atoms with Gasteiger partial charge in [-0.05, 0) is 41.1 Å². The zero-order valence-electron chi connectivity index (χ0n) is 18.6. The molecule has 0 aliphatic heterocycles. The first-order valence-electron chi connectivity index (χ1n) is 11.1. The van der Waals surface area contributed by atoms with Gasteiger partial charge in [-0.2, -0.15) is 8.78 Å². The topological polar surface area (TPSA) is 113 Å². The van der Waals surface area contributed by atoms with Gasteiger partial charge in [0, 0.05) is 18.3 Å². The molecule has 0 unspecified atom stereocenters. The minimum absolute atomic E-state index is 0.441. The number of hydrogen-bond donors (Lipinski definition) is 4. The highest BCUT2D eigenvalue weighted by atomic mass is 19.3. The minimum atomic E-state index is -3.17. The van der Waals surface area contributed by atoms with E-state index in [0.717, 1.165) is 22.5 Å². The molecule has 1 fully saturated rings. The Labute approximate surface area is 191 Å². The number of nitrogens with one attached hydrogen (secondary N) is 2. The van der Waals surface area contributed by atoms with E-state index in [-0.39, 0.29) is 0 Å². The van der Waals surface area contributed by atoms with Crippen LogP contribution in [-0.2, 0) is 6.54 Å². The SMILES string of the molecule is CC1CCCCC1.Nc1ccc2ncc(NCc3ccc4cc[nH]c4c3)nc2n1.OC(F)F. The van der Waals surface area contributed by atoms with Crippen molar-refractivity contribution < 1.29 is 13.9 Å². The van der Waals surface area contributed by atoms with Crippen LogP contribution in [0.2, 0.25) is 0 Å². The van der Waals surface area contributed by atoms with Gasteiger partial charge in [0.2, 0.25) is 0 Å². The number of fused-ring (bicyclic) bond motifs is 2. The Kier molecular flexibility index (Phi) is 8.88. The van der Waals surface area contributed by atoms with Gasteiger partial charge in [0.05, 0.1) is 6.20 Å². The molecule has 0 atom stereocenters. The van der Waals surface area contributed by atoms with E-state index in [4.69, 9.17) is 10.8 Å². The lowest BCUT2D eigenvalue weighted by Gasteiger charge is -2.15. The fourth-order valence-corrected chi connectivity index (χ4v) is 3.70. The molecule has 3 heterocycles. The Morgan fingerprint density at radius 3 is 2.58 bits per heavy atom. The van der Waals surface area contributed by atoms with Crippen LogP contribution < -0.4 is 11.1 Å². The molecule has 0 amide bonds. The number of aromatic nitrogens is 4. The Bertz CT molecular complexity index is 1140. The van der Waals surface area contributed by atoms with Crippen LogP contribution in [0.3, 0.4) is 0 Å². The highest BCUT2D eigenvalue weighted by molar-refractivity contribution is 5.80. The van der Waals surface area contributed by atoms with E-state index >= 15 is 0 Å². The van der Waals surface area contributed by atoms with Gasteiger partial charge in [-0.1, -0.05) is 51.2 Å². The summed E-state index contributed by atoms with van der Waals surface area (Å²) < 4.78 is 19.8. The number of H-pyrrole nitrogens is 1. The molecule has 1 saturated carbocycles. The van der Waals surface area contributed by atoms with Crippen molar-refractivity contribution in [2.75, 3.05) is 11.1 Å². The minimum Gasteiger partial charge on any atom is -0.384 e. The number of benzene rings is 1. The van der Waals surface area contributed by atoms with Gasteiger partial charge < -0.3 is 21.1 Å². The first kappa shape index (κ1) is 24.3. The van der Waals surface area contributed by atoms with E-state index in [2.05, 4.69) is 56.4 Å². The number of nitrogen functional groups attached to an aromatic ring is 1. The third-order valence-corrected chi connectivity index (χ3v) is 5.42. The summed E-state index contributed by atoms with van der Waals surface area (Å²) in [5.74, 6) is 2.15. The molecule has 1 aliphatic carbocycles. The van der Waals surface area contributed by atoms with Crippen molar-refractivity contribution in [2.24, 2.45) is 5.92 Å². The lowest BCUT2D eigenvalue weighted by molar-refractivity contribution is -0.0728. The number of pyridine rings is 1. The molecule has 0 saturated heterocycles. The van der Waals surface area contributed by atoms with E-state index in [0.29, 0.717) is 23.8 Å². The molecule has 0 spiro atoms. The van der Waals surface area contributed by atoms with Crippen LogP contribution in [0, 0.1) is 5.92 Å². The van der Waals surface area contributed by atoms with Gasteiger partial charge >= 0.3 is 6.61 Å². The first-order valence-corrected chi connectivity index (χ1v) is 11.1. The maximum Gasteiger partial charge on any atom is 0.342 e. The Balaban J connectivity index is 0.000000231. The summed E-state index contributed by atoms with van der Waals surface area (Å²) >= 11 is 0. The van der Waals surface area contributed by atoms with Crippen LogP contribution in [-0.4, -0.2) is 31.7 Å². The average Bonchev–Trinajstić information content (AvgIpc) is 3.26. The molecule has 1 aromatic carbocycles. The normalized spacial score (nSPS) is 13.8. The van der Waals surface area contributed by atoms with E-state index in [1.807, 2.05) is 12.3 Å². The zero-order valence-corrected chi connectivity index (χ0v) is 18.6. The molecule has 176 valence electrons. The fraction of sp³-hybridized carbons (Fsp3) is 0.375. The molecule has 1 aliphatic rings. The Morgan fingerprint density at radius 2 is 1.88 bits per heavy atom. The molecule has 0 bridgehead atoms. The number of rotatable bonds is 3. The average molecular weight is 457 g/mol. The summed E-state index contributed by atoms with van der Waals surface area (Å²) in [5, 5.41) is 11.2. The number of anilines is 2. The molecular weight excluding hydrogens is 426 g/mol. The van der Waals surface area contributed by atoms with Crippen LogP contribution in [0.15, 0.2) is 48.8 Å². The monoisotopic (exact) mass is 456 g/mol. The van der Waals surface area contributed by atoms with E-state index in [1.54, 1.807) is 12.3 Å². The summed E-state index contributed by atoms with van der Waals surface area (Å²) in [6.45, 7) is -0.142. The number of hydrogen-bond acceptors (Lipinski definition) is 6. The number of alkyl halides is 2. The van der Waals surface area contributed by atoms with Crippen LogP contribution in [0.1, 0.15) is 44.6 Å². The molecule has 0 radical (unpaired) electrons. The van der Waals surface area contributed by atoms with Crippen molar-refractivity contribution in [2.45, 2.75) is 52.2 Å². The maximum absolute atomic E-state index is 9.89. The van der Waals surface area contributed by atoms with Crippen molar-refractivity contribution in [1.29, 1.82) is 0 Å². The largest absolute Gasteiger partial charge is 0.384 e. The van der Waals surface area contributed by atoms with Crippen LogP contribution in [0.25, 0.3) is 22.1 Å². The number of nitrogens with zero attached hydrogens (tertiary/aromatic N) is 3. The number of aliphatic hydroxyl groups excluding tert-OH is 1. The van der Waals surface area contributed by atoms with E-state index in [9.17, 15) is 8.78 Å².